The maximum Gasteiger partial charge on any atom is -0.00147 e. The lowest BCUT2D eigenvalue weighted by atomic mass is 10.0. The van der Waals surface area contributed by atoms with E-state index in [1.807, 2.05) is 0 Å². The summed E-state index contributed by atoms with van der Waals surface area (Å²) in [6, 6.07) is 10.9. The van der Waals surface area contributed by atoms with Crippen molar-refractivity contribution in [2.45, 2.75) is 12.8 Å². The average Bonchev–Trinajstić information content (AvgIpc) is 2.80. The molecule has 0 spiro atoms. The van der Waals surface area contributed by atoms with E-state index in [0.717, 1.165) is 19.4 Å². The first-order valence-electron chi connectivity index (χ1n) is 5.22. The summed E-state index contributed by atoms with van der Waals surface area (Å²) in [6.45, 7) is 0.767. The summed E-state index contributed by atoms with van der Waals surface area (Å²) in [7, 11) is 0. The van der Waals surface area contributed by atoms with Crippen LogP contribution in [0.5, 0.6) is 0 Å². The van der Waals surface area contributed by atoms with Crippen molar-refractivity contribution in [2.75, 3.05) is 6.54 Å². The van der Waals surface area contributed by atoms with Crippen molar-refractivity contribution >= 4 is 11.3 Å². The van der Waals surface area contributed by atoms with Crippen molar-refractivity contribution in [3.63, 3.8) is 0 Å². The van der Waals surface area contributed by atoms with Gasteiger partial charge in [-0.25, -0.2) is 0 Å². The Balaban J connectivity index is 2.19. The standard InChI is InChI=1S/C13H15NS/c14-7-2-4-11-3-1-5-12(9-11)13-6-8-15-10-13/h1,3,5-6,8-10H,2,4,7,14H2. The first-order valence-corrected chi connectivity index (χ1v) is 6.16. The zero-order chi connectivity index (χ0) is 10.5. The minimum atomic E-state index is 0.767. The summed E-state index contributed by atoms with van der Waals surface area (Å²) < 4.78 is 0. The molecule has 2 N–H and O–H groups in total. The highest BCUT2D eigenvalue weighted by Gasteiger charge is 1.99. The molecule has 2 rings (SSSR count). The van der Waals surface area contributed by atoms with Gasteiger partial charge in [0, 0.05) is 0 Å². The molecule has 2 heteroatoms. The molecule has 15 heavy (non-hydrogen) atoms. The van der Waals surface area contributed by atoms with Crippen LogP contribution in [0.4, 0.5) is 0 Å². The van der Waals surface area contributed by atoms with Crippen molar-refractivity contribution in [1.29, 1.82) is 0 Å². The Morgan fingerprint density at radius 3 is 2.80 bits per heavy atom. The maximum atomic E-state index is 5.51. The molecule has 0 aliphatic rings. The van der Waals surface area contributed by atoms with Crippen molar-refractivity contribution in [2.24, 2.45) is 5.73 Å². The molecule has 0 radical (unpaired) electrons. The van der Waals surface area contributed by atoms with Crippen LogP contribution in [0, 0.1) is 0 Å². The van der Waals surface area contributed by atoms with Gasteiger partial charge in [-0.3, -0.25) is 0 Å². The number of nitrogens with two attached hydrogens (primary N) is 1. The highest BCUT2D eigenvalue weighted by atomic mass is 32.1. The highest BCUT2D eigenvalue weighted by molar-refractivity contribution is 7.08. The quantitative estimate of drug-likeness (QED) is 0.835. The first kappa shape index (κ1) is 10.4. The molecule has 0 saturated heterocycles. The monoisotopic (exact) mass is 217 g/mol. The molecule has 0 aliphatic carbocycles. The van der Waals surface area contributed by atoms with Crippen LogP contribution in [0.25, 0.3) is 11.1 Å². The molecule has 1 aromatic heterocycles. The van der Waals surface area contributed by atoms with E-state index in [-0.39, 0.29) is 0 Å². The van der Waals surface area contributed by atoms with Crippen LogP contribution in [0.2, 0.25) is 0 Å². The summed E-state index contributed by atoms with van der Waals surface area (Å²) in [5, 5.41) is 4.30. The van der Waals surface area contributed by atoms with Crippen LogP contribution >= 0.6 is 11.3 Å². The van der Waals surface area contributed by atoms with Gasteiger partial charge in [-0.05, 0) is 52.9 Å². The molecule has 2 aromatic rings. The van der Waals surface area contributed by atoms with E-state index in [1.165, 1.54) is 16.7 Å². The fourth-order valence-corrected chi connectivity index (χ4v) is 2.31. The molecule has 0 unspecified atom stereocenters. The van der Waals surface area contributed by atoms with Crippen LogP contribution in [-0.2, 0) is 6.42 Å². The van der Waals surface area contributed by atoms with Crippen LogP contribution in [0.3, 0.4) is 0 Å². The normalized spacial score (nSPS) is 10.5. The molecular weight excluding hydrogens is 202 g/mol. The van der Waals surface area contributed by atoms with Gasteiger partial charge in [0.05, 0.1) is 0 Å². The molecule has 0 amide bonds. The number of thiophene rings is 1. The van der Waals surface area contributed by atoms with Gasteiger partial charge in [0.15, 0.2) is 0 Å². The molecular formula is C13H15NS. The summed E-state index contributed by atoms with van der Waals surface area (Å²) in [5.41, 5.74) is 9.51. The lowest BCUT2D eigenvalue weighted by Gasteiger charge is -2.03. The molecule has 1 nitrogen and oxygen atoms in total. The summed E-state index contributed by atoms with van der Waals surface area (Å²) in [5.74, 6) is 0. The third-order valence-corrected chi connectivity index (χ3v) is 3.13. The number of benzene rings is 1. The van der Waals surface area contributed by atoms with E-state index in [2.05, 4.69) is 41.1 Å². The van der Waals surface area contributed by atoms with Gasteiger partial charge < -0.3 is 5.73 Å². The first-order chi connectivity index (χ1) is 7.40. The number of aryl methyl sites for hydroxylation is 1. The number of hydrogen-bond acceptors (Lipinski definition) is 2. The molecule has 1 heterocycles. The third kappa shape index (κ3) is 2.67. The summed E-state index contributed by atoms with van der Waals surface area (Å²) in [4.78, 5) is 0. The Kier molecular flexibility index (Phi) is 3.54. The molecule has 0 saturated carbocycles. The van der Waals surface area contributed by atoms with Crippen molar-refractivity contribution in [1.82, 2.24) is 0 Å². The van der Waals surface area contributed by atoms with E-state index in [4.69, 9.17) is 5.73 Å². The Morgan fingerprint density at radius 2 is 2.07 bits per heavy atom. The van der Waals surface area contributed by atoms with Crippen molar-refractivity contribution < 1.29 is 0 Å². The summed E-state index contributed by atoms with van der Waals surface area (Å²) in [6.07, 6.45) is 2.14. The van der Waals surface area contributed by atoms with Gasteiger partial charge in [-0.15, -0.1) is 0 Å². The minimum absolute atomic E-state index is 0.767. The van der Waals surface area contributed by atoms with Gasteiger partial charge in [-0.2, -0.15) is 11.3 Å². The molecule has 0 bridgehead atoms. The molecule has 0 fully saturated rings. The third-order valence-electron chi connectivity index (χ3n) is 2.45. The smallest absolute Gasteiger partial charge is 0.00147 e. The van der Waals surface area contributed by atoms with E-state index >= 15 is 0 Å². The number of rotatable bonds is 4. The molecule has 78 valence electrons. The van der Waals surface area contributed by atoms with Crippen LogP contribution in [-0.4, -0.2) is 6.54 Å². The Morgan fingerprint density at radius 1 is 1.13 bits per heavy atom. The Bertz CT molecular complexity index is 406. The van der Waals surface area contributed by atoms with Gasteiger partial charge in [-0.1, -0.05) is 24.3 Å². The second-order valence-corrected chi connectivity index (χ2v) is 4.38. The van der Waals surface area contributed by atoms with Gasteiger partial charge in [0.2, 0.25) is 0 Å². The average molecular weight is 217 g/mol. The number of hydrogen-bond donors (Lipinski definition) is 1. The maximum absolute atomic E-state index is 5.51. The minimum Gasteiger partial charge on any atom is -0.330 e. The van der Waals surface area contributed by atoms with E-state index in [0.29, 0.717) is 0 Å². The lowest BCUT2D eigenvalue weighted by Crippen LogP contribution is -2.00. The van der Waals surface area contributed by atoms with Crippen LogP contribution in [0.15, 0.2) is 41.1 Å². The molecule has 0 aliphatic heterocycles. The SMILES string of the molecule is NCCCc1cccc(-c2ccsc2)c1. The molecule has 1 aromatic carbocycles. The zero-order valence-corrected chi connectivity index (χ0v) is 9.46. The van der Waals surface area contributed by atoms with Crippen LogP contribution in [0.1, 0.15) is 12.0 Å². The topological polar surface area (TPSA) is 26.0 Å². The zero-order valence-electron chi connectivity index (χ0n) is 8.65. The van der Waals surface area contributed by atoms with Gasteiger partial charge in [0.25, 0.3) is 0 Å². The van der Waals surface area contributed by atoms with Crippen molar-refractivity contribution in [3.05, 3.63) is 46.7 Å². The Labute approximate surface area is 94.6 Å². The van der Waals surface area contributed by atoms with E-state index in [1.54, 1.807) is 11.3 Å². The Hall–Kier alpha value is -1.12. The fraction of sp³-hybridized carbons (Fsp3) is 0.231. The lowest BCUT2D eigenvalue weighted by molar-refractivity contribution is 0.833. The van der Waals surface area contributed by atoms with Crippen molar-refractivity contribution in [3.8, 4) is 11.1 Å². The van der Waals surface area contributed by atoms with Crippen LogP contribution < -0.4 is 5.73 Å². The fourth-order valence-electron chi connectivity index (χ4n) is 1.64. The highest BCUT2D eigenvalue weighted by Crippen LogP contribution is 2.23. The predicted molar refractivity (Wildman–Crippen MR) is 67.1 cm³/mol. The van der Waals surface area contributed by atoms with E-state index < -0.39 is 0 Å². The largest absolute Gasteiger partial charge is 0.330 e. The van der Waals surface area contributed by atoms with E-state index in [9.17, 15) is 0 Å². The van der Waals surface area contributed by atoms with Gasteiger partial charge in [0.1, 0.15) is 0 Å². The molecule has 0 atom stereocenters. The summed E-state index contributed by atoms with van der Waals surface area (Å²) >= 11 is 1.74. The second-order valence-electron chi connectivity index (χ2n) is 3.60. The second kappa shape index (κ2) is 5.10. The van der Waals surface area contributed by atoms with Gasteiger partial charge >= 0.3 is 0 Å². The predicted octanol–water partition coefficient (Wildman–Crippen LogP) is 3.31.